The van der Waals surface area contributed by atoms with E-state index in [4.69, 9.17) is 36.3 Å². The summed E-state index contributed by atoms with van der Waals surface area (Å²) in [6.45, 7) is 11.7. The first-order valence-electron chi connectivity index (χ1n) is 2.57. The van der Waals surface area contributed by atoms with Crippen LogP contribution in [0.5, 0.6) is 0 Å². The lowest BCUT2D eigenvalue weighted by Crippen LogP contribution is -1.85. The van der Waals surface area contributed by atoms with Crippen LogP contribution in [0.1, 0.15) is 0 Å². The molecule has 0 amide bonds. The van der Waals surface area contributed by atoms with Crippen molar-refractivity contribution in [3.8, 4) is 0 Å². The molecular weight excluding hydrogens is 203 g/mol. The van der Waals surface area contributed by atoms with Crippen molar-refractivity contribution in [2.45, 2.75) is 0 Å². The molecule has 0 bridgehead atoms. The van der Waals surface area contributed by atoms with Gasteiger partial charge in [-0.3, -0.25) is 9.59 Å². The van der Waals surface area contributed by atoms with E-state index >= 15 is 0 Å². The smallest absolute Gasteiger partial charge is 0.300 e. The van der Waals surface area contributed by atoms with Crippen molar-refractivity contribution in [2.75, 3.05) is 13.1 Å². The molecule has 0 aliphatic heterocycles. The summed E-state index contributed by atoms with van der Waals surface area (Å²) in [6.07, 6.45) is 0. The van der Waals surface area contributed by atoms with Gasteiger partial charge in [-0.2, -0.15) is 0 Å². The molecule has 0 rings (SSSR count). The van der Waals surface area contributed by atoms with Gasteiger partial charge in [-0.25, -0.2) is 13.1 Å². The second kappa shape index (κ2) is 9.90. The minimum absolute atomic E-state index is 0.207. The number of hydrogen-bond donors (Lipinski definition) is 0. The molecule has 0 aliphatic rings. The van der Waals surface area contributed by atoms with Gasteiger partial charge in [-0.05, 0) is 23.2 Å². The maximum absolute atomic E-state index is 9.60. The molecule has 0 aromatic heterocycles. The molecule has 0 aromatic rings. The normalized spacial score (nSPS) is 6.67. The third kappa shape index (κ3) is 23.1. The Morgan fingerprint density at radius 3 is 1.25 bits per heavy atom. The van der Waals surface area contributed by atoms with Gasteiger partial charge in [0.2, 0.25) is 0 Å². The molecule has 6 heteroatoms. The first-order valence-corrected chi connectivity index (χ1v) is 3.33. The first kappa shape index (κ1) is 13.5. The molecule has 0 heterocycles. The van der Waals surface area contributed by atoms with Crippen LogP contribution >= 0.6 is 23.2 Å². The van der Waals surface area contributed by atoms with Crippen molar-refractivity contribution < 1.29 is 9.59 Å². The van der Waals surface area contributed by atoms with Crippen LogP contribution in [0, 0.1) is 13.1 Å². The molecule has 0 spiro atoms. The highest BCUT2D eigenvalue weighted by Gasteiger charge is 1.92. The van der Waals surface area contributed by atoms with Crippen molar-refractivity contribution in [1.29, 1.82) is 0 Å². The zero-order valence-corrected chi connectivity index (χ0v) is 7.39. The molecule has 0 N–H and O–H groups in total. The van der Waals surface area contributed by atoms with Crippen LogP contribution in [0.3, 0.4) is 0 Å². The summed E-state index contributed by atoms with van der Waals surface area (Å²) in [4.78, 5) is 24.6. The lowest BCUT2D eigenvalue weighted by Gasteiger charge is -1.65. The summed E-state index contributed by atoms with van der Waals surface area (Å²) in [5, 5.41) is -1.19. The summed E-state index contributed by atoms with van der Waals surface area (Å²) >= 11 is 9.45. The Morgan fingerprint density at radius 2 is 1.25 bits per heavy atom. The Bertz CT molecular complexity index is 213. The number of rotatable bonds is 2. The van der Waals surface area contributed by atoms with Crippen LogP contribution in [-0.4, -0.2) is 23.6 Å². The van der Waals surface area contributed by atoms with Gasteiger partial charge in [0, 0.05) is 0 Å². The fourth-order valence-corrected chi connectivity index (χ4v) is 0.244. The van der Waals surface area contributed by atoms with E-state index in [9.17, 15) is 9.59 Å². The average molecular weight is 207 g/mol. The summed E-state index contributed by atoms with van der Waals surface area (Å²) in [6, 6.07) is 0. The third-order valence-electron chi connectivity index (χ3n) is 0.407. The summed E-state index contributed by atoms with van der Waals surface area (Å²) in [5.74, 6) is 0. The standard InChI is InChI=1S/2C3H2ClNO/c2*1-5-2-3(4)6/h2*2H2. The highest BCUT2D eigenvalue weighted by molar-refractivity contribution is 6.64. The Labute approximate surface area is 79.7 Å². The predicted octanol–water partition coefficient (Wildman–Crippen LogP) is 1.34. The van der Waals surface area contributed by atoms with E-state index in [0.717, 1.165) is 0 Å². The van der Waals surface area contributed by atoms with Gasteiger partial charge in [-0.1, -0.05) is 0 Å². The minimum Gasteiger partial charge on any atom is -0.307 e. The molecule has 0 unspecified atom stereocenters. The molecule has 0 fully saturated rings. The van der Waals surface area contributed by atoms with Crippen LogP contribution in [0.15, 0.2) is 0 Å². The van der Waals surface area contributed by atoms with E-state index in [-0.39, 0.29) is 13.1 Å². The van der Waals surface area contributed by atoms with E-state index in [0.29, 0.717) is 0 Å². The van der Waals surface area contributed by atoms with Crippen molar-refractivity contribution in [3.05, 3.63) is 22.8 Å². The molecule has 64 valence electrons. The Morgan fingerprint density at radius 1 is 1.00 bits per heavy atom. The van der Waals surface area contributed by atoms with Gasteiger partial charge < -0.3 is 9.69 Å². The lowest BCUT2D eigenvalue weighted by atomic mass is 10.8. The van der Waals surface area contributed by atoms with Crippen molar-refractivity contribution >= 4 is 33.7 Å². The number of halogens is 2. The molecule has 0 atom stereocenters. The second-order valence-electron chi connectivity index (χ2n) is 1.34. The second-order valence-corrected chi connectivity index (χ2v) is 2.19. The summed E-state index contributed by atoms with van der Waals surface area (Å²) in [5.41, 5.74) is 0. The predicted molar refractivity (Wildman–Crippen MR) is 44.7 cm³/mol. The van der Waals surface area contributed by atoms with E-state index in [1.807, 2.05) is 0 Å². The maximum Gasteiger partial charge on any atom is 0.300 e. The van der Waals surface area contributed by atoms with Crippen LogP contribution in [-0.2, 0) is 9.59 Å². The van der Waals surface area contributed by atoms with Gasteiger partial charge in [-0.15, -0.1) is 0 Å². The Balaban J connectivity index is 0. The summed E-state index contributed by atoms with van der Waals surface area (Å²) < 4.78 is 0. The fraction of sp³-hybridized carbons (Fsp3) is 0.333. The summed E-state index contributed by atoms with van der Waals surface area (Å²) in [7, 11) is 0. The third-order valence-corrected chi connectivity index (χ3v) is 0.646. The Kier molecular flexibility index (Phi) is 11.1. The lowest BCUT2D eigenvalue weighted by molar-refractivity contribution is -0.110. The quantitative estimate of drug-likeness (QED) is 0.506. The van der Waals surface area contributed by atoms with Gasteiger partial charge in [0.1, 0.15) is 0 Å². The molecule has 0 aromatic carbocycles. The van der Waals surface area contributed by atoms with E-state index in [1.165, 1.54) is 0 Å². The van der Waals surface area contributed by atoms with Crippen molar-refractivity contribution in [2.24, 2.45) is 0 Å². The fourth-order valence-electron chi connectivity index (χ4n) is 0.124. The van der Waals surface area contributed by atoms with Crippen LogP contribution in [0.2, 0.25) is 0 Å². The zero-order chi connectivity index (χ0) is 9.98. The topological polar surface area (TPSA) is 42.9 Å². The van der Waals surface area contributed by atoms with Crippen LogP contribution in [0.4, 0.5) is 0 Å². The van der Waals surface area contributed by atoms with Gasteiger partial charge in [0.05, 0.1) is 0 Å². The molecule has 0 saturated carbocycles. The molecule has 0 saturated heterocycles. The van der Waals surface area contributed by atoms with E-state index in [1.54, 1.807) is 0 Å². The zero-order valence-electron chi connectivity index (χ0n) is 5.88. The maximum atomic E-state index is 9.60. The Hall–Kier alpha value is -1.10. The van der Waals surface area contributed by atoms with Gasteiger partial charge in [0.15, 0.2) is 0 Å². The number of carbonyl (C=O) groups excluding carboxylic acids is 2. The van der Waals surface area contributed by atoms with Crippen molar-refractivity contribution in [3.63, 3.8) is 0 Å². The molecule has 0 aliphatic carbocycles. The van der Waals surface area contributed by atoms with Gasteiger partial charge in [0.25, 0.3) is 13.1 Å². The largest absolute Gasteiger partial charge is 0.307 e. The number of hydrogen-bond acceptors (Lipinski definition) is 2. The first-order chi connectivity index (χ1) is 5.54. The molecule has 0 radical (unpaired) electrons. The van der Waals surface area contributed by atoms with Crippen molar-refractivity contribution in [1.82, 2.24) is 0 Å². The number of carbonyl (C=O) groups is 2. The molecule has 12 heavy (non-hydrogen) atoms. The average Bonchev–Trinajstić information content (AvgIpc) is 1.87. The van der Waals surface area contributed by atoms with Crippen LogP contribution < -0.4 is 0 Å². The van der Waals surface area contributed by atoms with Gasteiger partial charge >= 0.3 is 10.5 Å². The minimum atomic E-state index is -0.593. The van der Waals surface area contributed by atoms with Crippen LogP contribution in [0.25, 0.3) is 9.69 Å². The number of nitrogens with zero attached hydrogens (tertiary/aromatic N) is 2. The highest BCUT2D eigenvalue weighted by atomic mass is 35.5. The monoisotopic (exact) mass is 206 g/mol. The molecule has 4 nitrogen and oxygen atoms in total. The highest BCUT2D eigenvalue weighted by Crippen LogP contribution is 1.77. The van der Waals surface area contributed by atoms with E-state index in [2.05, 4.69) is 9.69 Å². The molecular formula is C6H4Cl2N2O2. The van der Waals surface area contributed by atoms with E-state index < -0.39 is 10.5 Å². The SMILES string of the molecule is [C-]#[N+]CC(=O)Cl.[C-]#[N+]CC(=O)Cl.